The number of amides is 1. The van der Waals surface area contributed by atoms with Crippen LogP contribution < -0.4 is 14.4 Å². The molecule has 2 heterocycles. The first-order valence-corrected chi connectivity index (χ1v) is 12.0. The van der Waals surface area contributed by atoms with Gasteiger partial charge in [-0.05, 0) is 66.4 Å². The highest BCUT2D eigenvalue weighted by molar-refractivity contribution is 6.11. The zero-order valence-corrected chi connectivity index (χ0v) is 20.0. The van der Waals surface area contributed by atoms with Crippen LogP contribution in [0, 0.1) is 0 Å². The summed E-state index contributed by atoms with van der Waals surface area (Å²) in [6.45, 7) is 4.64. The van der Waals surface area contributed by atoms with Gasteiger partial charge in [0.25, 0.3) is 5.91 Å². The van der Waals surface area contributed by atoms with E-state index in [1.54, 1.807) is 47.4 Å². The molecule has 0 saturated carbocycles. The van der Waals surface area contributed by atoms with E-state index in [4.69, 9.17) is 9.47 Å². The summed E-state index contributed by atoms with van der Waals surface area (Å²) in [4.78, 5) is 40.9. The molecule has 7 heteroatoms. The number of fused-ring (bicyclic) bond motifs is 3. The Morgan fingerprint density at radius 2 is 1.72 bits per heavy atom. The van der Waals surface area contributed by atoms with Crippen molar-refractivity contribution in [3.63, 3.8) is 0 Å². The van der Waals surface area contributed by atoms with Crippen LogP contribution in [0.25, 0.3) is 0 Å². The Hall–Kier alpha value is -4.13. The zero-order chi connectivity index (χ0) is 25.2. The standard InChI is InChI=1S/C29H25NO6/c1-29(2)21-9-8-18(13-17(21)15-24(29)31)30-26(16-7-10-22-23(14-16)36-12-11-35-22)25(28(33)34)19-5-3-4-6-20(19)27(30)32/h3-10,13-14,25-26H,11-12,15H2,1-2H3,(H,33,34)/t25-,26+/m1/s1. The van der Waals surface area contributed by atoms with Gasteiger partial charge in [-0.15, -0.1) is 0 Å². The maximum atomic E-state index is 14.0. The molecule has 0 unspecified atom stereocenters. The Kier molecular flexibility index (Phi) is 4.93. The van der Waals surface area contributed by atoms with Crippen molar-refractivity contribution in [3.8, 4) is 11.5 Å². The maximum absolute atomic E-state index is 14.0. The van der Waals surface area contributed by atoms with E-state index >= 15 is 0 Å². The van der Waals surface area contributed by atoms with Crippen LogP contribution in [-0.2, 0) is 21.4 Å². The molecule has 0 radical (unpaired) electrons. The Balaban J connectivity index is 1.56. The van der Waals surface area contributed by atoms with Gasteiger partial charge in [0.1, 0.15) is 24.9 Å². The fraction of sp³-hybridized carbons (Fsp3) is 0.276. The molecule has 2 aliphatic heterocycles. The third kappa shape index (κ3) is 3.22. The molecule has 0 aromatic heterocycles. The number of ether oxygens (including phenoxy) is 2. The number of Topliss-reactive ketones (excluding diaryl/α,β-unsaturated/α-hetero) is 1. The molecule has 1 aliphatic carbocycles. The fourth-order valence-electron chi connectivity index (χ4n) is 5.70. The van der Waals surface area contributed by atoms with Crippen LogP contribution in [0.3, 0.4) is 0 Å². The summed E-state index contributed by atoms with van der Waals surface area (Å²) in [5, 5.41) is 10.4. The number of aliphatic carboxylic acids is 1. The third-order valence-corrected chi connectivity index (χ3v) is 7.60. The van der Waals surface area contributed by atoms with Crippen molar-refractivity contribution >= 4 is 23.3 Å². The summed E-state index contributed by atoms with van der Waals surface area (Å²) < 4.78 is 11.4. The van der Waals surface area contributed by atoms with Crippen molar-refractivity contribution in [2.24, 2.45) is 0 Å². The van der Waals surface area contributed by atoms with Crippen molar-refractivity contribution in [1.29, 1.82) is 0 Å². The van der Waals surface area contributed by atoms with Gasteiger partial charge < -0.3 is 14.6 Å². The number of ketones is 1. The lowest BCUT2D eigenvalue weighted by atomic mass is 9.79. The minimum absolute atomic E-state index is 0.122. The average Bonchev–Trinajstić information content (AvgIpc) is 3.10. The molecule has 3 aliphatic rings. The van der Waals surface area contributed by atoms with E-state index in [9.17, 15) is 19.5 Å². The molecule has 0 saturated heterocycles. The second-order valence-corrected chi connectivity index (χ2v) is 9.99. The smallest absolute Gasteiger partial charge is 0.313 e. The van der Waals surface area contributed by atoms with E-state index in [0.717, 1.165) is 11.1 Å². The number of benzene rings is 3. The van der Waals surface area contributed by atoms with Crippen LogP contribution in [0.5, 0.6) is 11.5 Å². The Bertz CT molecular complexity index is 1440. The second-order valence-electron chi connectivity index (χ2n) is 9.99. The summed E-state index contributed by atoms with van der Waals surface area (Å²) in [7, 11) is 0. The predicted octanol–water partition coefficient (Wildman–Crippen LogP) is 4.43. The summed E-state index contributed by atoms with van der Waals surface area (Å²) >= 11 is 0. The molecule has 1 N–H and O–H groups in total. The van der Waals surface area contributed by atoms with Crippen LogP contribution in [0.4, 0.5) is 5.69 Å². The molecule has 1 amide bonds. The number of hydrogen-bond donors (Lipinski definition) is 1. The molecular weight excluding hydrogens is 458 g/mol. The summed E-state index contributed by atoms with van der Waals surface area (Å²) in [6, 6.07) is 16.9. The lowest BCUT2D eigenvalue weighted by molar-refractivity contribution is -0.139. The summed E-state index contributed by atoms with van der Waals surface area (Å²) in [5.41, 5.74) is 3.23. The SMILES string of the molecule is CC1(C)C(=O)Cc2cc(N3C(=O)c4ccccc4[C@@H](C(=O)O)[C@@H]3c3ccc4c(c3)OCCO4)ccc21. The summed E-state index contributed by atoms with van der Waals surface area (Å²) in [6.07, 6.45) is 0.284. The van der Waals surface area contributed by atoms with Gasteiger partial charge in [-0.25, -0.2) is 0 Å². The fourth-order valence-corrected chi connectivity index (χ4v) is 5.70. The molecule has 0 spiro atoms. The number of carbonyl (C=O) groups is 3. The quantitative estimate of drug-likeness (QED) is 0.593. The van der Waals surface area contributed by atoms with Crippen molar-refractivity contribution in [1.82, 2.24) is 0 Å². The molecule has 182 valence electrons. The summed E-state index contributed by atoms with van der Waals surface area (Å²) in [5.74, 6) is -1.09. The van der Waals surface area contributed by atoms with Gasteiger partial charge in [0.2, 0.25) is 0 Å². The highest BCUT2D eigenvalue weighted by atomic mass is 16.6. The number of carboxylic acids is 1. The van der Waals surface area contributed by atoms with Crippen LogP contribution in [0.15, 0.2) is 60.7 Å². The lowest BCUT2D eigenvalue weighted by Crippen LogP contribution is -2.45. The molecule has 2 atom stereocenters. The second kappa shape index (κ2) is 7.95. The number of carbonyl (C=O) groups excluding carboxylic acids is 2. The Morgan fingerprint density at radius 1 is 0.972 bits per heavy atom. The average molecular weight is 484 g/mol. The van der Waals surface area contributed by atoms with Gasteiger partial charge in [-0.3, -0.25) is 19.3 Å². The van der Waals surface area contributed by atoms with Gasteiger partial charge in [0, 0.05) is 23.1 Å². The van der Waals surface area contributed by atoms with Crippen LogP contribution in [-0.4, -0.2) is 36.0 Å². The van der Waals surface area contributed by atoms with Gasteiger partial charge in [0.15, 0.2) is 11.5 Å². The largest absolute Gasteiger partial charge is 0.486 e. The molecular formula is C29H25NO6. The number of hydrogen-bond acceptors (Lipinski definition) is 5. The van der Waals surface area contributed by atoms with Crippen molar-refractivity contribution in [2.45, 2.75) is 37.6 Å². The number of anilines is 1. The van der Waals surface area contributed by atoms with Crippen LogP contribution in [0.1, 0.15) is 58.4 Å². The predicted molar refractivity (Wildman–Crippen MR) is 132 cm³/mol. The van der Waals surface area contributed by atoms with Gasteiger partial charge in [-0.1, -0.05) is 30.3 Å². The molecule has 3 aromatic rings. The van der Waals surface area contributed by atoms with Crippen LogP contribution >= 0.6 is 0 Å². The van der Waals surface area contributed by atoms with E-state index in [1.807, 2.05) is 32.0 Å². The minimum Gasteiger partial charge on any atom is -0.486 e. The molecule has 6 rings (SSSR count). The van der Waals surface area contributed by atoms with Crippen molar-refractivity contribution < 1.29 is 29.0 Å². The molecule has 0 bridgehead atoms. The van der Waals surface area contributed by atoms with Gasteiger partial charge in [0.05, 0.1) is 6.04 Å². The van der Waals surface area contributed by atoms with Crippen LogP contribution in [0.2, 0.25) is 0 Å². The van der Waals surface area contributed by atoms with E-state index in [0.29, 0.717) is 47.1 Å². The first-order chi connectivity index (χ1) is 17.3. The Labute approximate surface area is 208 Å². The zero-order valence-electron chi connectivity index (χ0n) is 20.0. The van der Waals surface area contributed by atoms with Crippen molar-refractivity contribution in [2.75, 3.05) is 18.1 Å². The minimum atomic E-state index is -1.03. The molecule has 0 fully saturated rings. The first-order valence-electron chi connectivity index (χ1n) is 12.0. The topological polar surface area (TPSA) is 93.1 Å². The number of rotatable bonds is 3. The van der Waals surface area contributed by atoms with E-state index in [1.165, 1.54) is 0 Å². The van der Waals surface area contributed by atoms with Gasteiger partial charge >= 0.3 is 5.97 Å². The molecule has 7 nitrogen and oxygen atoms in total. The normalized spacial score (nSPS) is 21.7. The van der Waals surface area contributed by atoms with Gasteiger partial charge in [-0.2, -0.15) is 0 Å². The van der Waals surface area contributed by atoms with Crippen molar-refractivity contribution in [3.05, 3.63) is 88.5 Å². The van der Waals surface area contributed by atoms with E-state index in [2.05, 4.69) is 0 Å². The first kappa shape index (κ1) is 22.3. The lowest BCUT2D eigenvalue weighted by Gasteiger charge is -2.41. The maximum Gasteiger partial charge on any atom is 0.313 e. The number of nitrogens with zero attached hydrogens (tertiary/aromatic N) is 1. The van der Waals surface area contributed by atoms with E-state index in [-0.39, 0.29) is 18.1 Å². The molecule has 3 aromatic carbocycles. The highest BCUT2D eigenvalue weighted by Gasteiger charge is 2.46. The Morgan fingerprint density at radius 3 is 2.50 bits per heavy atom. The highest BCUT2D eigenvalue weighted by Crippen LogP contribution is 2.48. The monoisotopic (exact) mass is 483 g/mol. The van der Waals surface area contributed by atoms with E-state index < -0.39 is 23.3 Å². The third-order valence-electron chi connectivity index (χ3n) is 7.60. The molecule has 36 heavy (non-hydrogen) atoms. The number of carboxylic acid groups (broad SMARTS) is 1.